The van der Waals surface area contributed by atoms with Crippen molar-refractivity contribution in [2.45, 2.75) is 13.0 Å². The van der Waals surface area contributed by atoms with Crippen molar-refractivity contribution in [1.29, 1.82) is 0 Å². The predicted molar refractivity (Wildman–Crippen MR) is 33.6 cm³/mol. The minimum atomic E-state index is -0.262. The molecule has 3 heteroatoms. The lowest BCUT2D eigenvalue weighted by molar-refractivity contribution is 0.192. The number of nitrogens with two attached hydrogens (primary N) is 1. The fourth-order valence-electron chi connectivity index (χ4n) is 0.413. The Hall–Kier alpha value is -0.120. The van der Waals surface area contributed by atoms with Crippen LogP contribution in [0.25, 0.3) is 0 Å². The van der Waals surface area contributed by atoms with E-state index in [1.165, 1.54) is 0 Å². The number of nitrogens with one attached hydrogen (secondary N) is 1. The third-order valence-corrected chi connectivity index (χ3v) is 0.761. The summed E-state index contributed by atoms with van der Waals surface area (Å²) < 4.78 is 0. The molecule has 0 heterocycles. The summed E-state index contributed by atoms with van der Waals surface area (Å²) in [4.78, 5) is 0. The zero-order valence-corrected chi connectivity index (χ0v) is 5.22. The van der Waals surface area contributed by atoms with E-state index < -0.39 is 0 Å². The minimum Gasteiger partial charge on any atom is -0.392 e. The highest BCUT2D eigenvalue weighted by molar-refractivity contribution is 4.51. The molecule has 0 aliphatic rings. The normalized spacial score (nSPS) is 13.9. The Morgan fingerprint density at radius 2 is 2.38 bits per heavy atom. The molecule has 0 spiro atoms. The molecule has 8 heavy (non-hydrogen) atoms. The molecule has 0 radical (unpaired) electrons. The highest BCUT2D eigenvalue weighted by Gasteiger charge is 1.90. The Morgan fingerprint density at radius 3 is 2.75 bits per heavy atom. The summed E-state index contributed by atoms with van der Waals surface area (Å²) in [6.07, 6.45) is -0.262. The molecule has 0 bridgehead atoms. The fraction of sp³-hybridized carbons (Fsp3) is 1.00. The summed E-state index contributed by atoms with van der Waals surface area (Å²) in [5.41, 5.74) is 5.17. The standard InChI is InChI=1S/C5H14N2O/c1-5(8)4-7-3-2-6/h5,7-8H,2-4,6H2,1H3/t5-/m0/s1. The number of hydrogen-bond donors (Lipinski definition) is 3. The van der Waals surface area contributed by atoms with Gasteiger partial charge < -0.3 is 16.2 Å². The molecule has 0 saturated heterocycles. The van der Waals surface area contributed by atoms with Crippen LogP contribution in [0, 0.1) is 0 Å². The Morgan fingerprint density at radius 1 is 1.75 bits per heavy atom. The van der Waals surface area contributed by atoms with E-state index in [-0.39, 0.29) is 6.10 Å². The van der Waals surface area contributed by atoms with Crippen molar-refractivity contribution in [2.75, 3.05) is 19.6 Å². The van der Waals surface area contributed by atoms with Crippen molar-refractivity contribution in [1.82, 2.24) is 5.32 Å². The van der Waals surface area contributed by atoms with Crippen molar-refractivity contribution >= 4 is 0 Å². The second kappa shape index (κ2) is 5.03. The van der Waals surface area contributed by atoms with Gasteiger partial charge in [0.25, 0.3) is 0 Å². The molecular formula is C5H14N2O. The van der Waals surface area contributed by atoms with E-state index in [0.29, 0.717) is 13.1 Å². The van der Waals surface area contributed by atoms with Crippen molar-refractivity contribution < 1.29 is 5.11 Å². The maximum Gasteiger partial charge on any atom is 0.0636 e. The highest BCUT2D eigenvalue weighted by Crippen LogP contribution is 1.71. The smallest absolute Gasteiger partial charge is 0.0636 e. The average Bonchev–Trinajstić information content (AvgIpc) is 1.66. The van der Waals surface area contributed by atoms with E-state index in [1.807, 2.05) is 0 Å². The predicted octanol–water partition coefficient (Wildman–Crippen LogP) is -1.08. The van der Waals surface area contributed by atoms with Crippen molar-refractivity contribution in [2.24, 2.45) is 5.73 Å². The molecule has 3 nitrogen and oxygen atoms in total. The maximum atomic E-state index is 8.68. The van der Waals surface area contributed by atoms with Gasteiger partial charge in [0.2, 0.25) is 0 Å². The maximum absolute atomic E-state index is 8.68. The molecule has 0 fully saturated rings. The topological polar surface area (TPSA) is 58.3 Å². The summed E-state index contributed by atoms with van der Waals surface area (Å²) in [6.45, 7) is 3.79. The van der Waals surface area contributed by atoms with E-state index >= 15 is 0 Å². The molecule has 0 aromatic heterocycles. The van der Waals surface area contributed by atoms with E-state index in [4.69, 9.17) is 10.8 Å². The second-order valence-corrected chi connectivity index (χ2v) is 1.84. The van der Waals surface area contributed by atoms with Crippen LogP contribution in [-0.4, -0.2) is 30.8 Å². The van der Waals surface area contributed by atoms with Crippen molar-refractivity contribution in [3.8, 4) is 0 Å². The van der Waals surface area contributed by atoms with Gasteiger partial charge in [0.15, 0.2) is 0 Å². The molecule has 0 rings (SSSR count). The average molecular weight is 118 g/mol. The molecule has 4 N–H and O–H groups in total. The van der Waals surface area contributed by atoms with E-state index in [2.05, 4.69) is 5.32 Å². The molecular weight excluding hydrogens is 104 g/mol. The van der Waals surface area contributed by atoms with Crippen molar-refractivity contribution in [3.05, 3.63) is 0 Å². The lowest BCUT2D eigenvalue weighted by Crippen LogP contribution is -2.29. The first-order chi connectivity index (χ1) is 3.77. The molecule has 50 valence electrons. The zero-order chi connectivity index (χ0) is 6.41. The molecule has 1 atom stereocenters. The third-order valence-electron chi connectivity index (χ3n) is 0.761. The van der Waals surface area contributed by atoms with Gasteiger partial charge in [-0.05, 0) is 6.92 Å². The number of hydrogen-bond acceptors (Lipinski definition) is 3. The molecule has 0 aromatic rings. The van der Waals surface area contributed by atoms with Crippen LogP contribution in [0.2, 0.25) is 0 Å². The first kappa shape index (κ1) is 7.88. The van der Waals surface area contributed by atoms with Gasteiger partial charge in [0.1, 0.15) is 0 Å². The van der Waals surface area contributed by atoms with Gasteiger partial charge >= 0.3 is 0 Å². The van der Waals surface area contributed by atoms with Crippen LogP contribution >= 0.6 is 0 Å². The van der Waals surface area contributed by atoms with Gasteiger partial charge in [-0.25, -0.2) is 0 Å². The molecule has 0 aliphatic carbocycles. The van der Waals surface area contributed by atoms with Crippen LogP contribution in [0.3, 0.4) is 0 Å². The van der Waals surface area contributed by atoms with Crippen LogP contribution < -0.4 is 11.1 Å². The molecule has 0 amide bonds. The number of aliphatic hydroxyl groups is 1. The van der Waals surface area contributed by atoms with Gasteiger partial charge in [0.05, 0.1) is 6.10 Å². The quantitative estimate of drug-likeness (QED) is 0.411. The summed E-state index contributed by atoms with van der Waals surface area (Å²) in [5, 5.41) is 11.6. The van der Waals surface area contributed by atoms with Crippen LogP contribution in [-0.2, 0) is 0 Å². The highest BCUT2D eigenvalue weighted by atomic mass is 16.3. The van der Waals surface area contributed by atoms with Crippen LogP contribution in [0.1, 0.15) is 6.92 Å². The molecule has 0 aliphatic heterocycles. The van der Waals surface area contributed by atoms with Gasteiger partial charge in [-0.3, -0.25) is 0 Å². The Kier molecular flexibility index (Phi) is 4.95. The van der Waals surface area contributed by atoms with E-state index in [9.17, 15) is 0 Å². The monoisotopic (exact) mass is 118 g/mol. The zero-order valence-electron chi connectivity index (χ0n) is 5.22. The summed E-state index contributed by atoms with van der Waals surface area (Å²) in [7, 11) is 0. The van der Waals surface area contributed by atoms with E-state index in [1.54, 1.807) is 6.92 Å². The number of rotatable bonds is 4. The summed E-state index contributed by atoms with van der Waals surface area (Å²) in [6, 6.07) is 0. The molecule has 0 saturated carbocycles. The van der Waals surface area contributed by atoms with Crippen molar-refractivity contribution in [3.63, 3.8) is 0 Å². The van der Waals surface area contributed by atoms with E-state index in [0.717, 1.165) is 6.54 Å². The SMILES string of the molecule is C[C@H](O)CNCCN. The molecule has 0 unspecified atom stereocenters. The largest absolute Gasteiger partial charge is 0.392 e. The van der Waals surface area contributed by atoms with Gasteiger partial charge in [-0.1, -0.05) is 0 Å². The lowest BCUT2D eigenvalue weighted by atomic mass is 10.4. The number of aliphatic hydroxyl groups excluding tert-OH is 1. The first-order valence-electron chi connectivity index (χ1n) is 2.86. The third kappa shape index (κ3) is 5.88. The van der Waals surface area contributed by atoms with Crippen LogP contribution in [0.5, 0.6) is 0 Å². The van der Waals surface area contributed by atoms with Gasteiger partial charge in [0, 0.05) is 19.6 Å². The second-order valence-electron chi connectivity index (χ2n) is 1.84. The Labute approximate surface area is 49.9 Å². The van der Waals surface area contributed by atoms with Crippen LogP contribution in [0.15, 0.2) is 0 Å². The Balaban J connectivity index is 2.72. The summed E-state index contributed by atoms with van der Waals surface area (Å²) >= 11 is 0. The first-order valence-corrected chi connectivity index (χ1v) is 2.86. The molecule has 0 aromatic carbocycles. The van der Waals surface area contributed by atoms with Crippen LogP contribution in [0.4, 0.5) is 0 Å². The van der Waals surface area contributed by atoms with Gasteiger partial charge in [-0.15, -0.1) is 0 Å². The Bertz CT molecular complexity index is 47.7. The summed E-state index contributed by atoms with van der Waals surface area (Å²) in [5.74, 6) is 0. The minimum absolute atomic E-state index is 0.262. The lowest BCUT2D eigenvalue weighted by Gasteiger charge is -2.03. The van der Waals surface area contributed by atoms with Gasteiger partial charge in [-0.2, -0.15) is 0 Å². The fourth-order valence-corrected chi connectivity index (χ4v) is 0.413.